The number of hydrogen-bond acceptors (Lipinski definition) is 3. The molecule has 0 unspecified atom stereocenters. The van der Waals surface area contributed by atoms with Crippen LogP contribution in [0.5, 0.6) is 5.88 Å². The van der Waals surface area contributed by atoms with Crippen LogP contribution in [0.2, 0.25) is 0 Å². The molecule has 1 aliphatic carbocycles. The summed E-state index contributed by atoms with van der Waals surface area (Å²) in [5.41, 5.74) is -0.514. The Labute approximate surface area is 169 Å². The number of allylic oxidation sites excluding steroid dienone is 4. The Hall–Kier alpha value is -2.17. The molecule has 0 bridgehead atoms. The largest absolute Gasteiger partial charge is 0.478 e. The molecule has 1 aromatic heterocycles. The lowest BCUT2D eigenvalue weighted by Crippen LogP contribution is -2.23. The summed E-state index contributed by atoms with van der Waals surface area (Å²) in [6.07, 6.45) is 18.3. The third-order valence-electron chi connectivity index (χ3n) is 4.65. The van der Waals surface area contributed by atoms with Gasteiger partial charge in [0.05, 0.1) is 24.2 Å². The molecule has 0 radical (unpaired) electrons. The van der Waals surface area contributed by atoms with Gasteiger partial charge in [0.15, 0.2) is 0 Å². The molecule has 0 atom stereocenters. The highest BCUT2D eigenvalue weighted by atomic mass is 16.5. The standard InChI is InChI=1S/C23H35N3O2/c1-5-6-7-8-9-13-16-28-21-17-19(25-22(27)23(2,3)4)18-24-26(21)20-14-11-10-12-15-20/h11-12,14-15,17-18,20H,5-10,13,16H2,1-4H3. The first-order chi connectivity index (χ1) is 13.4. The first-order valence-corrected chi connectivity index (χ1v) is 10.6. The van der Waals surface area contributed by atoms with E-state index in [1.807, 2.05) is 31.5 Å². The number of unbranched alkanes of at least 4 members (excludes halogenated alkanes) is 5. The van der Waals surface area contributed by atoms with Crippen molar-refractivity contribution in [2.75, 3.05) is 6.61 Å². The van der Waals surface area contributed by atoms with E-state index in [1.54, 1.807) is 6.20 Å². The highest BCUT2D eigenvalue weighted by Gasteiger charge is 2.20. The third-order valence-corrected chi connectivity index (χ3v) is 4.65. The van der Waals surface area contributed by atoms with Crippen LogP contribution in [0.3, 0.4) is 0 Å². The van der Waals surface area contributed by atoms with E-state index in [0.29, 0.717) is 17.8 Å². The lowest BCUT2D eigenvalue weighted by Gasteiger charge is -2.19. The van der Waals surface area contributed by atoms with Crippen molar-refractivity contribution in [3.63, 3.8) is 0 Å². The van der Waals surface area contributed by atoms with E-state index in [9.17, 15) is 4.79 Å². The van der Waals surface area contributed by atoms with Crippen LogP contribution in [0.15, 0.2) is 41.6 Å². The van der Waals surface area contributed by atoms with Gasteiger partial charge in [0.25, 0.3) is 5.91 Å². The van der Waals surface area contributed by atoms with Gasteiger partial charge in [-0.05, 0) is 12.8 Å². The van der Waals surface area contributed by atoms with Crippen molar-refractivity contribution in [1.82, 2.24) is 9.78 Å². The van der Waals surface area contributed by atoms with Gasteiger partial charge < -0.3 is 4.74 Å². The van der Waals surface area contributed by atoms with Crippen LogP contribution < -0.4 is 10.1 Å². The summed E-state index contributed by atoms with van der Waals surface area (Å²) in [4.78, 5) is 16.5. The molecule has 5 heteroatoms. The fraction of sp³-hybridized carbons (Fsp3) is 0.609. The van der Waals surface area contributed by atoms with Crippen molar-refractivity contribution in [2.45, 2.75) is 78.7 Å². The van der Waals surface area contributed by atoms with Gasteiger partial charge in [-0.15, -0.1) is 0 Å². The molecular formula is C23H35N3O2. The van der Waals surface area contributed by atoms with Crippen molar-refractivity contribution < 1.29 is 9.53 Å². The van der Waals surface area contributed by atoms with Gasteiger partial charge in [-0.1, -0.05) is 84.1 Å². The number of amides is 1. The topological polar surface area (TPSA) is 56.5 Å². The van der Waals surface area contributed by atoms with E-state index >= 15 is 0 Å². The molecule has 0 fully saturated rings. The van der Waals surface area contributed by atoms with E-state index in [0.717, 1.165) is 12.8 Å². The number of rotatable bonds is 9. The Balaban J connectivity index is 2.13. The number of carbonyl (C=O) groups is 1. The van der Waals surface area contributed by atoms with Crippen LogP contribution in [0.25, 0.3) is 0 Å². The van der Waals surface area contributed by atoms with E-state index in [1.165, 1.54) is 32.1 Å². The predicted octanol–water partition coefficient (Wildman–Crippen LogP) is 5.15. The highest BCUT2D eigenvalue weighted by Crippen LogP contribution is 2.21. The second-order valence-electron chi connectivity index (χ2n) is 8.36. The molecule has 0 aliphatic heterocycles. The van der Waals surface area contributed by atoms with Crippen molar-refractivity contribution in [3.8, 4) is 5.88 Å². The Morgan fingerprint density at radius 2 is 1.86 bits per heavy atom. The fourth-order valence-electron chi connectivity index (χ4n) is 2.89. The molecule has 0 aromatic carbocycles. The quantitative estimate of drug-likeness (QED) is 0.436. The maximum Gasteiger partial charge on any atom is 0.251 e. The minimum atomic E-state index is -0.514. The summed E-state index contributed by atoms with van der Waals surface area (Å²) in [5.74, 6) is 0.490. The van der Waals surface area contributed by atoms with Crippen LogP contribution in [-0.2, 0) is 4.79 Å². The summed E-state index contributed by atoms with van der Waals surface area (Å²) in [6, 6.07) is 1.85. The molecule has 0 spiro atoms. The van der Waals surface area contributed by atoms with E-state index in [4.69, 9.17) is 4.74 Å². The average molecular weight is 386 g/mol. The van der Waals surface area contributed by atoms with E-state index in [-0.39, 0.29) is 11.9 Å². The number of carbonyl (C=O) groups excluding carboxylic acids is 1. The second kappa shape index (κ2) is 11.0. The number of hydrogen-bond donors (Lipinski definition) is 0. The molecule has 28 heavy (non-hydrogen) atoms. The minimum Gasteiger partial charge on any atom is -0.478 e. The first-order valence-electron chi connectivity index (χ1n) is 10.6. The molecule has 1 amide bonds. The van der Waals surface area contributed by atoms with Gasteiger partial charge in [0.1, 0.15) is 0 Å². The zero-order chi connectivity index (χ0) is 20.4. The summed E-state index contributed by atoms with van der Waals surface area (Å²) in [6.45, 7) is 8.46. The minimum absolute atomic E-state index is 0.0284. The monoisotopic (exact) mass is 385 g/mol. The Kier molecular flexibility index (Phi) is 8.68. The second-order valence-corrected chi connectivity index (χ2v) is 8.36. The molecule has 0 saturated carbocycles. The zero-order valence-electron chi connectivity index (χ0n) is 17.9. The number of ether oxygens (including phenoxy) is 1. The fourth-order valence-corrected chi connectivity index (χ4v) is 2.89. The normalized spacial score (nSPS) is 15.2. The Morgan fingerprint density at radius 1 is 1.18 bits per heavy atom. The van der Waals surface area contributed by atoms with E-state index in [2.05, 4.69) is 41.3 Å². The van der Waals surface area contributed by atoms with Gasteiger partial charge in [-0.3, -0.25) is 4.79 Å². The Bertz CT molecular complexity index is 742. The van der Waals surface area contributed by atoms with Crippen LogP contribution in [-0.4, -0.2) is 22.3 Å². The van der Waals surface area contributed by atoms with Gasteiger partial charge >= 0.3 is 0 Å². The van der Waals surface area contributed by atoms with Crippen molar-refractivity contribution in [2.24, 2.45) is 10.4 Å². The summed E-state index contributed by atoms with van der Waals surface area (Å²) in [7, 11) is 0. The molecule has 0 N–H and O–H groups in total. The molecule has 154 valence electrons. The summed E-state index contributed by atoms with van der Waals surface area (Å²) in [5, 5.41) is 5.06. The third kappa shape index (κ3) is 7.10. The maximum absolute atomic E-state index is 12.3. The smallest absolute Gasteiger partial charge is 0.251 e. The van der Waals surface area contributed by atoms with Crippen molar-refractivity contribution >= 4 is 5.91 Å². The van der Waals surface area contributed by atoms with Crippen molar-refractivity contribution in [3.05, 3.63) is 41.9 Å². The first kappa shape index (κ1) is 22.1. The molecule has 0 saturated heterocycles. The van der Waals surface area contributed by atoms with Gasteiger partial charge in [-0.25, -0.2) is 9.67 Å². The molecule has 1 heterocycles. The lowest BCUT2D eigenvalue weighted by atomic mass is 9.96. The van der Waals surface area contributed by atoms with E-state index < -0.39 is 5.41 Å². The molecule has 1 aromatic rings. The van der Waals surface area contributed by atoms with Gasteiger partial charge in [-0.2, -0.15) is 5.10 Å². The summed E-state index contributed by atoms with van der Waals surface area (Å²) < 4.78 is 7.92. The number of aromatic nitrogens is 2. The molecule has 1 aliphatic rings. The average Bonchev–Trinajstić information content (AvgIpc) is 2.67. The van der Waals surface area contributed by atoms with Crippen LogP contribution >= 0.6 is 0 Å². The molecule has 2 rings (SSSR count). The lowest BCUT2D eigenvalue weighted by molar-refractivity contribution is -0.125. The van der Waals surface area contributed by atoms with Gasteiger partial charge in [0, 0.05) is 11.5 Å². The Morgan fingerprint density at radius 3 is 2.54 bits per heavy atom. The highest BCUT2D eigenvalue weighted by molar-refractivity contribution is 5.82. The van der Waals surface area contributed by atoms with Gasteiger partial charge in [0.2, 0.25) is 5.88 Å². The van der Waals surface area contributed by atoms with Crippen LogP contribution in [0.1, 0.15) is 78.7 Å². The zero-order valence-corrected chi connectivity index (χ0v) is 17.9. The van der Waals surface area contributed by atoms with Crippen molar-refractivity contribution in [1.29, 1.82) is 0 Å². The number of nitrogens with zero attached hydrogens (tertiary/aromatic N) is 3. The SMILES string of the molecule is CCCCCCCCOc1cc(=NC(=O)C(C)(C)C)cnn1C1C=CCC=C1. The predicted molar refractivity (Wildman–Crippen MR) is 113 cm³/mol. The molecule has 5 nitrogen and oxygen atoms in total. The van der Waals surface area contributed by atoms with Crippen LogP contribution in [0, 0.1) is 5.41 Å². The maximum atomic E-state index is 12.3. The summed E-state index contributed by atoms with van der Waals surface area (Å²) >= 11 is 0. The molecular weight excluding hydrogens is 350 g/mol. The van der Waals surface area contributed by atoms with Crippen LogP contribution in [0.4, 0.5) is 0 Å².